The maximum Gasteiger partial charge on any atom is 0.00796 e. The average Bonchev–Trinajstić information content (AvgIpc) is 2.57. The van der Waals surface area contributed by atoms with Crippen LogP contribution in [0.5, 0.6) is 0 Å². The lowest BCUT2D eigenvalue weighted by atomic mass is 9.91. The molecular formula is C13H26N2. The highest BCUT2D eigenvalue weighted by atomic mass is 15.2. The van der Waals surface area contributed by atoms with Crippen molar-refractivity contribution in [3.8, 4) is 0 Å². The van der Waals surface area contributed by atoms with Gasteiger partial charge in [-0.25, -0.2) is 0 Å². The van der Waals surface area contributed by atoms with Crippen LogP contribution in [-0.4, -0.2) is 36.6 Å². The fraction of sp³-hybridized carbons (Fsp3) is 1.00. The van der Waals surface area contributed by atoms with Crippen LogP contribution in [0.4, 0.5) is 0 Å². The second kappa shape index (κ2) is 4.84. The van der Waals surface area contributed by atoms with Crippen molar-refractivity contribution in [3.05, 3.63) is 0 Å². The molecule has 0 saturated carbocycles. The predicted molar refractivity (Wildman–Crippen MR) is 65.0 cm³/mol. The Morgan fingerprint density at radius 1 is 1.20 bits per heavy atom. The van der Waals surface area contributed by atoms with E-state index in [1.54, 1.807) is 0 Å². The molecule has 2 aliphatic heterocycles. The summed E-state index contributed by atoms with van der Waals surface area (Å²) >= 11 is 0. The molecule has 2 nitrogen and oxygen atoms in total. The minimum absolute atomic E-state index is 0.733. The van der Waals surface area contributed by atoms with Crippen molar-refractivity contribution in [2.75, 3.05) is 19.6 Å². The second-order valence-corrected chi connectivity index (χ2v) is 5.77. The molecule has 2 saturated heterocycles. The zero-order valence-electron chi connectivity index (χ0n) is 10.5. The largest absolute Gasteiger partial charge is 0.314 e. The number of rotatable bonds is 2. The topological polar surface area (TPSA) is 15.3 Å². The van der Waals surface area contributed by atoms with Gasteiger partial charge in [-0.2, -0.15) is 0 Å². The first-order valence-corrected chi connectivity index (χ1v) is 6.64. The first-order valence-electron chi connectivity index (χ1n) is 6.64. The van der Waals surface area contributed by atoms with Crippen LogP contribution in [0.3, 0.4) is 0 Å². The van der Waals surface area contributed by atoms with Gasteiger partial charge < -0.3 is 10.2 Å². The highest BCUT2D eigenvalue weighted by molar-refractivity contribution is 4.85. The van der Waals surface area contributed by atoms with E-state index in [1.165, 1.54) is 38.9 Å². The molecule has 88 valence electrons. The third-order valence-corrected chi connectivity index (χ3v) is 4.43. The molecule has 0 aromatic rings. The zero-order valence-corrected chi connectivity index (χ0v) is 10.5. The quantitative estimate of drug-likeness (QED) is 0.751. The number of hydrogen-bond acceptors (Lipinski definition) is 2. The zero-order chi connectivity index (χ0) is 10.8. The Balaban J connectivity index is 1.83. The molecule has 2 rings (SSSR count). The van der Waals surface area contributed by atoms with E-state index >= 15 is 0 Å². The minimum atomic E-state index is 0.733. The van der Waals surface area contributed by atoms with Crippen LogP contribution in [-0.2, 0) is 0 Å². The molecule has 4 unspecified atom stereocenters. The van der Waals surface area contributed by atoms with Crippen LogP contribution in [0, 0.1) is 11.8 Å². The summed E-state index contributed by atoms with van der Waals surface area (Å²) < 4.78 is 0. The van der Waals surface area contributed by atoms with E-state index in [4.69, 9.17) is 0 Å². The molecule has 0 aromatic carbocycles. The lowest BCUT2D eigenvalue weighted by Crippen LogP contribution is -2.44. The van der Waals surface area contributed by atoms with E-state index in [1.807, 2.05) is 0 Å². The lowest BCUT2D eigenvalue weighted by molar-refractivity contribution is 0.107. The SMILES string of the molecule is CC1CCN(CC2CCNC2C)C(C)C1. The van der Waals surface area contributed by atoms with Crippen LogP contribution in [0.1, 0.15) is 40.0 Å². The Labute approximate surface area is 94.4 Å². The minimum Gasteiger partial charge on any atom is -0.314 e. The Morgan fingerprint density at radius 3 is 2.60 bits per heavy atom. The van der Waals surface area contributed by atoms with Gasteiger partial charge >= 0.3 is 0 Å². The predicted octanol–water partition coefficient (Wildman–Crippen LogP) is 2.10. The van der Waals surface area contributed by atoms with Gasteiger partial charge in [0.2, 0.25) is 0 Å². The molecule has 2 fully saturated rings. The third-order valence-electron chi connectivity index (χ3n) is 4.43. The summed E-state index contributed by atoms with van der Waals surface area (Å²) in [5.41, 5.74) is 0. The van der Waals surface area contributed by atoms with Crippen LogP contribution >= 0.6 is 0 Å². The number of nitrogens with zero attached hydrogens (tertiary/aromatic N) is 1. The molecule has 1 N–H and O–H groups in total. The first-order chi connectivity index (χ1) is 7.16. The van der Waals surface area contributed by atoms with Gasteiger partial charge in [-0.05, 0) is 58.0 Å². The molecule has 4 atom stereocenters. The van der Waals surface area contributed by atoms with Crippen LogP contribution in [0.25, 0.3) is 0 Å². The van der Waals surface area contributed by atoms with Crippen molar-refractivity contribution in [1.29, 1.82) is 0 Å². The third kappa shape index (κ3) is 2.73. The smallest absolute Gasteiger partial charge is 0.00796 e. The van der Waals surface area contributed by atoms with E-state index in [-0.39, 0.29) is 0 Å². The van der Waals surface area contributed by atoms with Crippen LogP contribution in [0.2, 0.25) is 0 Å². The Hall–Kier alpha value is -0.0800. The van der Waals surface area contributed by atoms with Gasteiger partial charge in [0.1, 0.15) is 0 Å². The molecule has 0 spiro atoms. The fourth-order valence-electron chi connectivity index (χ4n) is 3.19. The summed E-state index contributed by atoms with van der Waals surface area (Å²) in [6.07, 6.45) is 4.17. The monoisotopic (exact) mass is 210 g/mol. The molecule has 0 bridgehead atoms. The van der Waals surface area contributed by atoms with Crippen molar-refractivity contribution in [2.45, 2.75) is 52.1 Å². The molecule has 2 aliphatic rings. The Kier molecular flexibility index (Phi) is 3.68. The first kappa shape index (κ1) is 11.4. The van der Waals surface area contributed by atoms with Crippen LogP contribution < -0.4 is 5.32 Å². The summed E-state index contributed by atoms with van der Waals surface area (Å²) in [4.78, 5) is 2.72. The van der Waals surface area contributed by atoms with Gasteiger partial charge in [-0.3, -0.25) is 0 Å². The Morgan fingerprint density at radius 2 is 2.00 bits per heavy atom. The van der Waals surface area contributed by atoms with Gasteiger partial charge in [-0.1, -0.05) is 6.92 Å². The van der Waals surface area contributed by atoms with Crippen LogP contribution in [0.15, 0.2) is 0 Å². The standard InChI is InChI=1S/C13H26N2/c1-10-5-7-15(11(2)8-10)9-13-4-6-14-12(13)3/h10-14H,4-9H2,1-3H3. The van der Waals surface area contributed by atoms with E-state index in [0.29, 0.717) is 0 Å². The van der Waals surface area contributed by atoms with E-state index in [0.717, 1.165) is 23.9 Å². The van der Waals surface area contributed by atoms with Gasteiger partial charge in [0.15, 0.2) is 0 Å². The van der Waals surface area contributed by atoms with Gasteiger partial charge in [0.05, 0.1) is 0 Å². The maximum atomic E-state index is 3.56. The van der Waals surface area contributed by atoms with E-state index in [2.05, 4.69) is 31.0 Å². The van der Waals surface area contributed by atoms with Crippen molar-refractivity contribution in [1.82, 2.24) is 10.2 Å². The molecule has 0 amide bonds. The van der Waals surface area contributed by atoms with Crippen molar-refractivity contribution in [3.63, 3.8) is 0 Å². The highest BCUT2D eigenvalue weighted by Gasteiger charge is 2.29. The highest BCUT2D eigenvalue weighted by Crippen LogP contribution is 2.25. The molecule has 2 heteroatoms. The molecule has 0 radical (unpaired) electrons. The Bertz CT molecular complexity index is 205. The number of nitrogens with one attached hydrogen (secondary N) is 1. The lowest BCUT2D eigenvalue weighted by Gasteiger charge is -2.38. The molecular weight excluding hydrogens is 184 g/mol. The van der Waals surface area contributed by atoms with E-state index in [9.17, 15) is 0 Å². The summed E-state index contributed by atoms with van der Waals surface area (Å²) in [6.45, 7) is 11.0. The molecule has 2 heterocycles. The van der Waals surface area contributed by atoms with Crippen molar-refractivity contribution < 1.29 is 0 Å². The van der Waals surface area contributed by atoms with Crippen molar-refractivity contribution >= 4 is 0 Å². The normalized spacial score (nSPS) is 43.4. The number of likely N-dealkylation sites (tertiary alicyclic amines) is 1. The number of hydrogen-bond donors (Lipinski definition) is 1. The summed E-state index contributed by atoms with van der Waals surface area (Å²) in [5.74, 6) is 1.83. The summed E-state index contributed by atoms with van der Waals surface area (Å²) in [6, 6.07) is 1.54. The number of piperidine rings is 1. The molecule has 0 aromatic heterocycles. The van der Waals surface area contributed by atoms with Gasteiger partial charge in [0, 0.05) is 18.6 Å². The second-order valence-electron chi connectivity index (χ2n) is 5.77. The summed E-state index contributed by atoms with van der Waals surface area (Å²) in [7, 11) is 0. The van der Waals surface area contributed by atoms with Crippen molar-refractivity contribution in [2.24, 2.45) is 11.8 Å². The van der Waals surface area contributed by atoms with Gasteiger partial charge in [-0.15, -0.1) is 0 Å². The molecule has 0 aliphatic carbocycles. The van der Waals surface area contributed by atoms with E-state index < -0.39 is 0 Å². The maximum absolute atomic E-state index is 3.56. The fourth-order valence-corrected chi connectivity index (χ4v) is 3.19. The molecule has 15 heavy (non-hydrogen) atoms. The van der Waals surface area contributed by atoms with Gasteiger partial charge in [0.25, 0.3) is 0 Å². The average molecular weight is 210 g/mol. The summed E-state index contributed by atoms with van der Waals surface area (Å²) in [5, 5.41) is 3.56.